The molecule has 0 atom stereocenters. The lowest BCUT2D eigenvalue weighted by Crippen LogP contribution is -2.30. The van der Waals surface area contributed by atoms with Crippen molar-refractivity contribution in [2.75, 3.05) is 52.8 Å². The van der Waals surface area contributed by atoms with Crippen LogP contribution in [0, 0.1) is 0 Å². The molecule has 1 N–H and O–H groups in total. The van der Waals surface area contributed by atoms with Gasteiger partial charge in [0.15, 0.2) is 0 Å². The van der Waals surface area contributed by atoms with E-state index in [1.54, 1.807) is 0 Å². The molecule has 0 aliphatic rings. The summed E-state index contributed by atoms with van der Waals surface area (Å²) in [6.07, 6.45) is 0.509. The SMILES string of the molecule is C=CC(=O)OCCOCCOCCNC(=O)Oc1c2ccccc2c(OCCOc2ccccc2)c2ccccc12. The Balaban J connectivity index is 1.31. The van der Waals surface area contributed by atoms with Gasteiger partial charge in [-0.1, -0.05) is 73.3 Å². The summed E-state index contributed by atoms with van der Waals surface area (Å²) in [7, 11) is 0. The molecule has 4 aromatic rings. The van der Waals surface area contributed by atoms with Crippen molar-refractivity contribution in [1.29, 1.82) is 0 Å². The fourth-order valence-electron chi connectivity index (χ4n) is 4.07. The number of fused-ring (bicyclic) bond motifs is 2. The number of ether oxygens (including phenoxy) is 6. The van der Waals surface area contributed by atoms with E-state index in [1.165, 1.54) is 0 Å². The molecule has 0 aliphatic carbocycles. The lowest BCUT2D eigenvalue weighted by Gasteiger charge is -2.17. The lowest BCUT2D eigenvalue weighted by atomic mass is 10.0. The van der Waals surface area contributed by atoms with E-state index in [4.69, 9.17) is 28.4 Å². The molecule has 1 amide bonds. The van der Waals surface area contributed by atoms with Crippen molar-refractivity contribution in [3.05, 3.63) is 91.5 Å². The monoisotopic (exact) mass is 559 g/mol. The molecular weight excluding hydrogens is 526 g/mol. The van der Waals surface area contributed by atoms with E-state index in [-0.39, 0.29) is 26.4 Å². The number of carbonyl (C=O) groups excluding carboxylic acids is 2. The largest absolute Gasteiger partial charge is 0.490 e. The molecule has 0 aliphatic heterocycles. The van der Waals surface area contributed by atoms with Gasteiger partial charge in [0.1, 0.15) is 37.1 Å². The third-order valence-corrected chi connectivity index (χ3v) is 5.90. The molecule has 0 unspecified atom stereocenters. The molecule has 41 heavy (non-hydrogen) atoms. The average Bonchev–Trinajstić information content (AvgIpc) is 3.01. The summed E-state index contributed by atoms with van der Waals surface area (Å²) in [6, 6.07) is 24.9. The molecule has 9 nitrogen and oxygen atoms in total. The minimum absolute atomic E-state index is 0.150. The van der Waals surface area contributed by atoms with Gasteiger partial charge in [0.25, 0.3) is 0 Å². The predicted molar refractivity (Wildman–Crippen MR) is 156 cm³/mol. The van der Waals surface area contributed by atoms with Crippen LogP contribution in [0.15, 0.2) is 91.5 Å². The zero-order valence-corrected chi connectivity index (χ0v) is 22.7. The highest BCUT2D eigenvalue weighted by Crippen LogP contribution is 2.42. The third-order valence-electron chi connectivity index (χ3n) is 5.90. The number of hydrogen-bond donors (Lipinski definition) is 1. The zero-order valence-electron chi connectivity index (χ0n) is 22.7. The number of esters is 1. The van der Waals surface area contributed by atoms with Crippen LogP contribution in [0.3, 0.4) is 0 Å². The van der Waals surface area contributed by atoms with Gasteiger partial charge in [-0.15, -0.1) is 0 Å². The van der Waals surface area contributed by atoms with Gasteiger partial charge in [0, 0.05) is 34.2 Å². The minimum Gasteiger partial charge on any atom is -0.490 e. The second-order valence-corrected chi connectivity index (χ2v) is 8.67. The summed E-state index contributed by atoms with van der Waals surface area (Å²) in [5.74, 6) is 1.45. The van der Waals surface area contributed by atoms with Gasteiger partial charge in [-0.05, 0) is 12.1 Å². The van der Waals surface area contributed by atoms with Crippen LogP contribution < -0.4 is 19.5 Å². The van der Waals surface area contributed by atoms with Crippen LogP contribution in [0.2, 0.25) is 0 Å². The summed E-state index contributed by atoms with van der Waals surface area (Å²) in [4.78, 5) is 23.7. The Morgan fingerprint density at radius 3 is 1.80 bits per heavy atom. The molecule has 0 heterocycles. The Morgan fingerprint density at radius 2 is 1.17 bits per heavy atom. The van der Waals surface area contributed by atoms with Crippen LogP contribution in [0.4, 0.5) is 4.79 Å². The number of carbonyl (C=O) groups is 2. The highest BCUT2D eigenvalue weighted by Gasteiger charge is 2.18. The summed E-state index contributed by atoms with van der Waals surface area (Å²) in [6.45, 7) is 5.67. The molecule has 9 heteroatoms. The third kappa shape index (κ3) is 8.69. The van der Waals surface area contributed by atoms with Crippen LogP contribution in [0.25, 0.3) is 21.5 Å². The molecule has 0 saturated heterocycles. The molecule has 0 fully saturated rings. The quantitative estimate of drug-likeness (QED) is 0.0854. The Kier molecular flexibility index (Phi) is 11.4. The second-order valence-electron chi connectivity index (χ2n) is 8.67. The molecular formula is C32H33NO8. The standard InChI is InChI=1S/C32H33NO8/c1-2-29(34)39-21-20-37-19-18-36-17-16-33-32(35)41-31-27-14-8-6-12-25(27)30(26-13-7-9-15-28(26)31)40-23-22-38-24-10-4-3-5-11-24/h2-15H,1,16-23H2,(H,33,35). The van der Waals surface area contributed by atoms with Crippen LogP contribution in [-0.2, 0) is 19.0 Å². The second kappa shape index (κ2) is 15.9. The summed E-state index contributed by atoms with van der Waals surface area (Å²) in [5, 5.41) is 5.89. The van der Waals surface area contributed by atoms with Gasteiger partial charge in [-0.25, -0.2) is 9.59 Å². The molecule has 4 aromatic carbocycles. The van der Waals surface area contributed by atoms with Gasteiger partial charge in [0.2, 0.25) is 0 Å². The highest BCUT2D eigenvalue weighted by molar-refractivity contribution is 6.11. The molecule has 0 aromatic heterocycles. The molecule has 0 radical (unpaired) electrons. The summed E-state index contributed by atoms with van der Waals surface area (Å²) in [5.41, 5.74) is 0. The van der Waals surface area contributed by atoms with Gasteiger partial charge in [-0.2, -0.15) is 0 Å². The zero-order chi connectivity index (χ0) is 28.7. The maximum absolute atomic E-state index is 12.7. The predicted octanol–water partition coefficient (Wildman–Crippen LogP) is 5.30. The van der Waals surface area contributed by atoms with Crippen LogP contribution in [0.1, 0.15) is 0 Å². The Labute approximate surface area is 238 Å². The van der Waals surface area contributed by atoms with Gasteiger partial charge in [-0.3, -0.25) is 0 Å². The van der Waals surface area contributed by atoms with Gasteiger partial charge < -0.3 is 33.7 Å². The van der Waals surface area contributed by atoms with Crippen LogP contribution in [-0.4, -0.2) is 64.9 Å². The first-order valence-electron chi connectivity index (χ1n) is 13.3. The van der Waals surface area contributed by atoms with Crippen molar-refractivity contribution in [3.8, 4) is 17.2 Å². The van der Waals surface area contributed by atoms with Crippen molar-refractivity contribution in [1.82, 2.24) is 5.32 Å². The molecule has 0 spiro atoms. The first kappa shape index (κ1) is 29.4. The Hall–Kier alpha value is -4.60. The fourth-order valence-corrected chi connectivity index (χ4v) is 4.07. The van der Waals surface area contributed by atoms with Crippen molar-refractivity contribution in [2.24, 2.45) is 0 Å². The van der Waals surface area contributed by atoms with E-state index in [2.05, 4.69) is 11.9 Å². The van der Waals surface area contributed by atoms with E-state index >= 15 is 0 Å². The average molecular weight is 560 g/mol. The summed E-state index contributed by atoms with van der Waals surface area (Å²) < 4.78 is 33.4. The number of rotatable bonds is 16. The molecule has 4 rings (SSSR count). The first-order chi connectivity index (χ1) is 20.2. The van der Waals surface area contributed by atoms with Gasteiger partial charge in [0.05, 0.1) is 26.4 Å². The number of amides is 1. The Bertz CT molecular complexity index is 1380. The molecule has 0 bridgehead atoms. The number of hydrogen-bond acceptors (Lipinski definition) is 8. The van der Waals surface area contributed by atoms with E-state index < -0.39 is 12.1 Å². The minimum atomic E-state index is -0.589. The van der Waals surface area contributed by atoms with Crippen molar-refractivity contribution < 1.29 is 38.0 Å². The van der Waals surface area contributed by atoms with Crippen LogP contribution in [0.5, 0.6) is 17.2 Å². The maximum atomic E-state index is 12.7. The normalized spacial score (nSPS) is 10.7. The fraction of sp³-hybridized carbons (Fsp3) is 0.250. The number of benzene rings is 4. The van der Waals surface area contributed by atoms with Crippen molar-refractivity contribution in [2.45, 2.75) is 0 Å². The maximum Gasteiger partial charge on any atom is 0.412 e. The van der Waals surface area contributed by atoms with Crippen molar-refractivity contribution in [3.63, 3.8) is 0 Å². The van der Waals surface area contributed by atoms with E-state index in [0.29, 0.717) is 37.9 Å². The molecule has 0 saturated carbocycles. The van der Waals surface area contributed by atoms with Crippen molar-refractivity contribution >= 4 is 33.6 Å². The number of nitrogens with one attached hydrogen (secondary N) is 1. The van der Waals surface area contributed by atoms with E-state index in [9.17, 15) is 9.59 Å². The molecule has 214 valence electrons. The van der Waals surface area contributed by atoms with Crippen LogP contribution >= 0.6 is 0 Å². The van der Waals surface area contributed by atoms with E-state index in [0.717, 1.165) is 33.4 Å². The Morgan fingerprint density at radius 1 is 0.634 bits per heavy atom. The lowest BCUT2D eigenvalue weighted by molar-refractivity contribution is -0.139. The smallest absolute Gasteiger partial charge is 0.412 e. The first-order valence-corrected chi connectivity index (χ1v) is 13.3. The number of para-hydroxylation sites is 1. The topological polar surface area (TPSA) is 102 Å². The highest BCUT2D eigenvalue weighted by atomic mass is 16.6. The summed E-state index contributed by atoms with van der Waals surface area (Å²) >= 11 is 0. The van der Waals surface area contributed by atoms with E-state index in [1.807, 2.05) is 78.9 Å². The van der Waals surface area contributed by atoms with Gasteiger partial charge >= 0.3 is 12.1 Å².